The van der Waals surface area contributed by atoms with Gasteiger partial charge in [-0.2, -0.15) is 0 Å². The van der Waals surface area contributed by atoms with Crippen molar-refractivity contribution in [3.8, 4) is 0 Å². The van der Waals surface area contributed by atoms with Gasteiger partial charge in [-0.05, 0) is 0 Å². The number of nitrogens with one attached hydrogen (secondary N) is 1. The molecule has 0 atom stereocenters. The second-order valence-corrected chi connectivity index (χ2v) is 5.04. The number of nitrogens with two attached hydrogens (primary N) is 5. The van der Waals surface area contributed by atoms with Crippen molar-refractivity contribution in [1.82, 2.24) is 20.2 Å². The predicted molar refractivity (Wildman–Crippen MR) is 111 cm³/mol. The van der Waals surface area contributed by atoms with Gasteiger partial charge < -0.3 is 17.2 Å². The fourth-order valence-electron chi connectivity index (χ4n) is 2.09. The van der Waals surface area contributed by atoms with Crippen LogP contribution in [0.1, 0.15) is 0 Å². The highest BCUT2D eigenvalue weighted by Gasteiger charge is 2.09. The molecule has 0 aliphatic heterocycles. The molecular formula is C16H43N9. The summed E-state index contributed by atoms with van der Waals surface area (Å²) in [7, 11) is 0. The first-order chi connectivity index (χ1) is 12.2. The molecule has 0 heterocycles. The van der Waals surface area contributed by atoms with Gasteiger partial charge in [0.05, 0.1) is 0 Å². The lowest BCUT2D eigenvalue weighted by Crippen LogP contribution is -2.46. The van der Waals surface area contributed by atoms with E-state index in [2.05, 4.69) is 41.5 Å². The van der Waals surface area contributed by atoms with Gasteiger partial charge in [-0.25, -0.2) is 5.01 Å². The fraction of sp³-hybridized carbons (Fsp3) is 0.750. The summed E-state index contributed by atoms with van der Waals surface area (Å²) in [6.07, 6.45) is 0. The third-order valence-corrected chi connectivity index (χ3v) is 3.32. The molecule has 0 rings (SSSR count). The van der Waals surface area contributed by atoms with Crippen molar-refractivity contribution in [2.75, 3.05) is 78.5 Å². The molecule has 0 aromatic carbocycles. The van der Waals surface area contributed by atoms with Crippen LogP contribution in [0.15, 0.2) is 26.3 Å². The molecule has 0 aliphatic rings. The van der Waals surface area contributed by atoms with Crippen molar-refractivity contribution in [3.63, 3.8) is 0 Å². The van der Waals surface area contributed by atoms with Crippen molar-refractivity contribution in [3.05, 3.63) is 26.3 Å². The number of rotatable bonds is 15. The van der Waals surface area contributed by atoms with Crippen molar-refractivity contribution in [2.24, 2.45) is 28.9 Å². The van der Waals surface area contributed by atoms with Crippen LogP contribution in [0.3, 0.4) is 0 Å². The normalized spacial score (nSPS) is 10.4. The minimum absolute atomic E-state index is 0.573. The van der Waals surface area contributed by atoms with Gasteiger partial charge in [0.15, 0.2) is 0 Å². The SMILES string of the molecule is C=C.C=C.NCCN(N)CCN(CCN)CCN(CCN)CCNN. The molecule has 0 unspecified atom stereocenters. The van der Waals surface area contributed by atoms with Crippen LogP contribution in [0.25, 0.3) is 0 Å². The Morgan fingerprint density at radius 3 is 1.40 bits per heavy atom. The molecule has 0 saturated heterocycles. The molecule has 0 bridgehead atoms. The number of hydrazine groups is 2. The Morgan fingerprint density at radius 1 is 0.600 bits per heavy atom. The molecular weight excluding hydrogens is 318 g/mol. The zero-order chi connectivity index (χ0) is 19.9. The van der Waals surface area contributed by atoms with Gasteiger partial charge in [-0.1, -0.05) is 0 Å². The molecule has 0 radical (unpaired) electrons. The number of nitrogens with zero attached hydrogens (tertiary/aromatic N) is 3. The Kier molecular flexibility index (Phi) is 29.3. The summed E-state index contributed by atoms with van der Waals surface area (Å²) in [6, 6.07) is 0. The molecule has 0 spiro atoms. The zero-order valence-corrected chi connectivity index (χ0v) is 16.0. The van der Waals surface area contributed by atoms with E-state index in [9.17, 15) is 0 Å². The Hall–Kier alpha value is -0.880. The molecule has 0 amide bonds. The van der Waals surface area contributed by atoms with E-state index in [1.807, 2.05) is 0 Å². The van der Waals surface area contributed by atoms with Crippen molar-refractivity contribution in [2.45, 2.75) is 0 Å². The third-order valence-electron chi connectivity index (χ3n) is 3.32. The van der Waals surface area contributed by atoms with Gasteiger partial charge >= 0.3 is 0 Å². The second-order valence-electron chi connectivity index (χ2n) is 5.04. The van der Waals surface area contributed by atoms with Crippen LogP contribution in [0.2, 0.25) is 0 Å². The van der Waals surface area contributed by atoms with E-state index in [0.717, 1.165) is 52.4 Å². The summed E-state index contributed by atoms with van der Waals surface area (Å²) in [6.45, 7) is 21.5. The lowest BCUT2D eigenvalue weighted by atomic mass is 10.3. The Bertz CT molecular complexity index is 242. The first-order valence-electron chi connectivity index (χ1n) is 8.65. The first-order valence-corrected chi connectivity index (χ1v) is 8.65. The highest BCUT2D eigenvalue weighted by atomic mass is 15.4. The summed E-state index contributed by atoms with van der Waals surface area (Å²) in [4.78, 5) is 4.61. The molecule has 0 aromatic rings. The molecule has 11 N–H and O–H groups in total. The van der Waals surface area contributed by atoms with Gasteiger partial charge in [0.25, 0.3) is 0 Å². The van der Waals surface area contributed by atoms with E-state index < -0.39 is 0 Å². The maximum Gasteiger partial charge on any atom is 0.0257 e. The lowest BCUT2D eigenvalue weighted by molar-refractivity contribution is 0.182. The van der Waals surface area contributed by atoms with Gasteiger partial charge in [-0.3, -0.25) is 26.9 Å². The van der Waals surface area contributed by atoms with Crippen LogP contribution in [-0.4, -0.2) is 93.3 Å². The quantitative estimate of drug-likeness (QED) is 0.107. The zero-order valence-electron chi connectivity index (χ0n) is 16.0. The van der Waals surface area contributed by atoms with E-state index in [1.165, 1.54) is 0 Å². The molecule has 9 nitrogen and oxygen atoms in total. The topological polar surface area (TPSA) is 152 Å². The van der Waals surface area contributed by atoms with Crippen LogP contribution < -0.4 is 34.3 Å². The van der Waals surface area contributed by atoms with Crippen LogP contribution in [0, 0.1) is 0 Å². The monoisotopic (exact) mass is 361 g/mol. The molecule has 0 aromatic heterocycles. The lowest BCUT2D eigenvalue weighted by Gasteiger charge is -2.28. The summed E-state index contributed by atoms with van der Waals surface area (Å²) < 4.78 is 0. The maximum atomic E-state index is 5.84. The molecule has 0 saturated carbocycles. The van der Waals surface area contributed by atoms with Gasteiger partial charge in [-0.15, -0.1) is 26.3 Å². The smallest absolute Gasteiger partial charge is 0.0257 e. The number of hydrogen-bond acceptors (Lipinski definition) is 9. The van der Waals surface area contributed by atoms with Crippen LogP contribution in [-0.2, 0) is 0 Å². The van der Waals surface area contributed by atoms with E-state index in [0.29, 0.717) is 26.2 Å². The number of hydrogen-bond donors (Lipinski definition) is 6. The van der Waals surface area contributed by atoms with Gasteiger partial charge in [0.1, 0.15) is 0 Å². The average Bonchev–Trinajstić information content (AvgIpc) is 2.65. The largest absolute Gasteiger partial charge is 0.329 e. The van der Waals surface area contributed by atoms with E-state index in [1.54, 1.807) is 5.01 Å². The Morgan fingerprint density at radius 2 is 1.00 bits per heavy atom. The highest BCUT2D eigenvalue weighted by molar-refractivity contribution is 4.66. The second kappa shape index (κ2) is 25.4. The van der Waals surface area contributed by atoms with Crippen LogP contribution >= 0.6 is 0 Å². The minimum Gasteiger partial charge on any atom is -0.329 e. The predicted octanol–water partition coefficient (Wildman–Crippen LogP) is -2.29. The van der Waals surface area contributed by atoms with Gasteiger partial charge in [0.2, 0.25) is 0 Å². The van der Waals surface area contributed by atoms with Gasteiger partial charge in [0, 0.05) is 78.5 Å². The summed E-state index contributed by atoms with van der Waals surface area (Å²) in [5.41, 5.74) is 19.5. The van der Waals surface area contributed by atoms with E-state index in [4.69, 9.17) is 28.9 Å². The maximum absolute atomic E-state index is 5.84. The molecule has 152 valence electrons. The summed E-state index contributed by atoms with van der Waals surface area (Å²) in [5.74, 6) is 11.2. The Labute approximate surface area is 154 Å². The summed E-state index contributed by atoms with van der Waals surface area (Å²) >= 11 is 0. The highest BCUT2D eigenvalue weighted by Crippen LogP contribution is 1.93. The minimum atomic E-state index is 0.573. The van der Waals surface area contributed by atoms with Crippen molar-refractivity contribution >= 4 is 0 Å². The van der Waals surface area contributed by atoms with Crippen molar-refractivity contribution in [1.29, 1.82) is 0 Å². The van der Waals surface area contributed by atoms with Crippen LogP contribution in [0.5, 0.6) is 0 Å². The molecule has 25 heavy (non-hydrogen) atoms. The van der Waals surface area contributed by atoms with E-state index >= 15 is 0 Å². The van der Waals surface area contributed by atoms with Crippen molar-refractivity contribution < 1.29 is 0 Å². The average molecular weight is 362 g/mol. The molecule has 0 aliphatic carbocycles. The standard InChI is InChI=1S/C12H35N9.2C2H4/c13-1-5-19(8-4-18-16)9-10-20(6-2-14)11-12-21(17)7-3-15;2*1-2/h18H,1-17H2;2*1-2H2. The first kappa shape index (κ1) is 28.9. The third kappa shape index (κ3) is 21.1. The van der Waals surface area contributed by atoms with Crippen LogP contribution in [0.4, 0.5) is 0 Å². The fourth-order valence-corrected chi connectivity index (χ4v) is 2.09. The summed E-state index contributed by atoms with van der Waals surface area (Å²) in [5, 5.41) is 1.75. The van der Waals surface area contributed by atoms with E-state index in [-0.39, 0.29) is 0 Å². The molecule has 0 fully saturated rings. The Balaban J connectivity index is -0.00000112. The molecule has 9 heteroatoms.